The summed E-state index contributed by atoms with van der Waals surface area (Å²) in [6.45, 7) is 0.543. The minimum absolute atomic E-state index is 0.0569. The van der Waals surface area contributed by atoms with Crippen molar-refractivity contribution in [1.29, 1.82) is 10.5 Å². The molecule has 0 saturated carbocycles. The highest BCUT2D eigenvalue weighted by Crippen LogP contribution is 2.21. The molecule has 2 N–H and O–H groups in total. The Hall–Kier alpha value is -3.88. The van der Waals surface area contributed by atoms with Crippen molar-refractivity contribution in [2.24, 2.45) is 0 Å². The monoisotopic (exact) mass is 418 g/mol. The molecule has 2 amide bonds. The van der Waals surface area contributed by atoms with Gasteiger partial charge in [-0.1, -0.05) is 36.4 Å². The number of nitrogens with zero attached hydrogens (tertiary/aromatic N) is 3. The van der Waals surface area contributed by atoms with E-state index < -0.39 is 24.1 Å². The van der Waals surface area contributed by atoms with Crippen LogP contribution in [0.4, 0.5) is 4.79 Å². The van der Waals surface area contributed by atoms with E-state index in [-0.39, 0.29) is 13.2 Å². The summed E-state index contributed by atoms with van der Waals surface area (Å²) in [6.07, 6.45) is -1.20. The lowest BCUT2D eigenvalue weighted by Crippen LogP contribution is -2.47. The number of hydrogen-bond acceptors (Lipinski definition) is 5. The fraction of sp³-hybridized carbons (Fsp3) is 0.304. The second-order valence-electron chi connectivity index (χ2n) is 7.22. The van der Waals surface area contributed by atoms with Crippen LogP contribution in [0.2, 0.25) is 0 Å². The van der Waals surface area contributed by atoms with Gasteiger partial charge in [-0.3, -0.25) is 4.79 Å². The first-order valence-electron chi connectivity index (χ1n) is 9.89. The molecule has 8 nitrogen and oxygen atoms in total. The molecule has 1 fully saturated rings. The van der Waals surface area contributed by atoms with Gasteiger partial charge in [0, 0.05) is 19.6 Å². The molecule has 158 valence electrons. The van der Waals surface area contributed by atoms with E-state index in [1.54, 1.807) is 12.1 Å². The molecule has 1 aliphatic heterocycles. The highest BCUT2D eigenvalue weighted by atomic mass is 16.5. The molecule has 31 heavy (non-hydrogen) atoms. The summed E-state index contributed by atoms with van der Waals surface area (Å²) < 4.78 is 5.48. The average molecular weight is 418 g/mol. The zero-order chi connectivity index (χ0) is 22.2. The summed E-state index contributed by atoms with van der Waals surface area (Å²) in [5, 5.41) is 30.2. The first-order chi connectivity index (χ1) is 15.0. The van der Waals surface area contributed by atoms with Gasteiger partial charge in [0.2, 0.25) is 0 Å². The summed E-state index contributed by atoms with van der Waals surface area (Å²) in [7, 11) is 0. The van der Waals surface area contributed by atoms with Gasteiger partial charge in [0.25, 0.3) is 5.91 Å². The molecule has 0 bridgehead atoms. The van der Waals surface area contributed by atoms with Crippen molar-refractivity contribution in [3.63, 3.8) is 0 Å². The van der Waals surface area contributed by atoms with Crippen LogP contribution in [0.25, 0.3) is 11.1 Å². The minimum Gasteiger partial charge on any atom is -0.465 e. The van der Waals surface area contributed by atoms with Crippen LogP contribution >= 0.6 is 0 Å². The van der Waals surface area contributed by atoms with E-state index in [0.717, 1.165) is 21.6 Å². The highest BCUT2D eigenvalue weighted by Gasteiger charge is 2.28. The fourth-order valence-corrected chi connectivity index (χ4v) is 3.36. The molecule has 1 unspecified atom stereocenters. The van der Waals surface area contributed by atoms with Gasteiger partial charge in [-0.2, -0.15) is 10.5 Å². The van der Waals surface area contributed by atoms with Crippen molar-refractivity contribution < 1.29 is 19.4 Å². The summed E-state index contributed by atoms with van der Waals surface area (Å²) >= 11 is 0. The molecular weight excluding hydrogens is 396 g/mol. The Balaban J connectivity index is 1.61. The van der Waals surface area contributed by atoms with Gasteiger partial charge in [-0.25, -0.2) is 4.79 Å². The molecule has 0 spiro atoms. The zero-order valence-corrected chi connectivity index (χ0v) is 16.8. The van der Waals surface area contributed by atoms with Gasteiger partial charge < -0.3 is 20.1 Å². The number of carbonyl (C=O) groups is 2. The van der Waals surface area contributed by atoms with Crippen LogP contribution in [0.1, 0.15) is 17.5 Å². The Morgan fingerprint density at radius 1 is 1.13 bits per heavy atom. The lowest BCUT2D eigenvalue weighted by Gasteiger charge is -2.22. The Labute approximate surface area is 180 Å². The second-order valence-corrected chi connectivity index (χ2v) is 7.22. The second kappa shape index (κ2) is 10.2. The lowest BCUT2D eigenvalue weighted by atomic mass is 10.00. The number of rotatable bonds is 5. The van der Waals surface area contributed by atoms with Crippen molar-refractivity contribution in [2.75, 3.05) is 19.7 Å². The zero-order valence-electron chi connectivity index (χ0n) is 16.8. The van der Waals surface area contributed by atoms with Gasteiger partial charge in [0.15, 0.2) is 6.10 Å². The van der Waals surface area contributed by atoms with Crippen LogP contribution in [0, 0.1) is 22.7 Å². The molecule has 2 aromatic carbocycles. The molecule has 2 aromatic rings. The summed E-state index contributed by atoms with van der Waals surface area (Å²) in [5.74, 6) is -0.492. The van der Waals surface area contributed by atoms with Gasteiger partial charge in [-0.15, -0.1) is 0 Å². The molecule has 1 saturated heterocycles. The van der Waals surface area contributed by atoms with Gasteiger partial charge in [-0.05, 0) is 35.2 Å². The van der Waals surface area contributed by atoms with E-state index in [9.17, 15) is 20.0 Å². The number of benzene rings is 2. The molecule has 3 rings (SSSR count). The summed E-state index contributed by atoms with van der Waals surface area (Å²) in [5.41, 5.74) is 3.42. The average Bonchev–Trinajstić information content (AvgIpc) is 3.06. The maximum atomic E-state index is 12.5. The topological polar surface area (TPSA) is 126 Å². The third-order valence-electron chi connectivity index (χ3n) is 5.05. The largest absolute Gasteiger partial charge is 0.465 e. The van der Waals surface area contributed by atoms with Crippen LogP contribution in [0.15, 0.2) is 48.5 Å². The minimum atomic E-state index is -1.09. The normalized spacial score (nSPS) is 17.0. The molecule has 0 aromatic heterocycles. The Kier molecular flexibility index (Phi) is 7.21. The lowest BCUT2D eigenvalue weighted by molar-refractivity contribution is -0.133. The number of amides is 2. The first kappa shape index (κ1) is 21.8. The Morgan fingerprint density at radius 3 is 2.35 bits per heavy atom. The molecular formula is C23H22N4O4. The number of carboxylic acid groups (broad SMARTS) is 1. The summed E-state index contributed by atoms with van der Waals surface area (Å²) in [4.78, 5) is 24.9. The van der Waals surface area contributed by atoms with Gasteiger partial charge >= 0.3 is 6.09 Å². The van der Waals surface area contributed by atoms with Crippen molar-refractivity contribution in [3.05, 3.63) is 59.7 Å². The van der Waals surface area contributed by atoms with Crippen molar-refractivity contribution in [3.8, 4) is 23.3 Å². The molecule has 1 heterocycles. The van der Waals surface area contributed by atoms with E-state index in [1.165, 1.54) is 0 Å². The van der Waals surface area contributed by atoms with Crippen LogP contribution in [-0.2, 0) is 16.0 Å². The molecule has 0 radical (unpaired) electrons. The number of hydrogen-bond donors (Lipinski definition) is 2. The first-order valence-corrected chi connectivity index (χ1v) is 9.89. The fourth-order valence-electron chi connectivity index (χ4n) is 3.36. The van der Waals surface area contributed by atoms with Crippen molar-refractivity contribution in [1.82, 2.24) is 10.2 Å². The van der Waals surface area contributed by atoms with E-state index in [1.807, 2.05) is 36.4 Å². The van der Waals surface area contributed by atoms with E-state index in [4.69, 9.17) is 10.00 Å². The third kappa shape index (κ3) is 5.81. The van der Waals surface area contributed by atoms with Crippen LogP contribution < -0.4 is 5.32 Å². The van der Waals surface area contributed by atoms with Crippen LogP contribution in [0.5, 0.6) is 0 Å². The maximum absolute atomic E-state index is 12.5. The predicted octanol–water partition coefficient (Wildman–Crippen LogP) is 2.55. The van der Waals surface area contributed by atoms with Gasteiger partial charge in [0.05, 0.1) is 24.2 Å². The number of ether oxygens (including phenoxy) is 1. The smallest absolute Gasteiger partial charge is 0.407 e. The molecule has 1 aliphatic rings. The standard InChI is InChI=1S/C23H22N4O4/c24-13-17-4-8-19(9-5-17)18-6-2-16(3-7-18)12-20(14-25)26-22(28)21-15-27(23(29)30)10-1-11-31-21/h2-9,20-21H,1,10-12,15H2,(H,26,28)(H,29,30)/t20-,21?/m0/s1. The number of nitrogens with one attached hydrogen (secondary N) is 1. The Bertz CT molecular complexity index is 1010. The van der Waals surface area contributed by atoms with Crippen molar-refractivity contribution in [2.45, 2.75) is 25.0 Å². The van der Waals surface area contributed by atoms with Crippen molar-refractivity contribution >= 4 is 12.0 Å². The van der Waals surface area contributed by atoms with Crippen LogP contribution in [0.3, 0.4) is 0 Å². The highest BCUT2D eigenvalue weighted by molar-refractivity contribution is 5.82. The SMILES string of the molecule is N#Cc1ccc(-c2ccc(C[C@@H](C#N)NC(=O)C3CN(C(=O)O)CCCO3)cc2)cc1. The Morgan fingerprint density at radius 2 is 1.77 bits per heavy atom. The molecule has 8 heteroatoms. The van der Waals surface area contributed by atoms with E-state index >= 15 is 0 Å². The summed E-state index contributed by atoms with van der Waals surface area (Å²) in [6, 6.07) is 18.3. The predicted molar refractivity (Wildman–Crippen MR) is 112 cm³/mol. The molecule has 2 atom stereocenters. The maximum Gasteiger partial charge on any atom is 0.407 e. The quantitative estimate of drug-likeness (QED) is 0.768. The number of nitriles is 2. The number of carbonyl (C=O) groups excluding carboxylic acids is 1. The van der Waals surface area contributed by atoms with E-state index in [0.29, 0.717) is 24.9 Å². The van der Waals surface area contributed by atoms with E-state index in [2.05, 4.69) is 17.5 Å². The van der Waals surface area contributed by atoms with Crippen LogP contribution in [-0.4, -0.2) is 53.8 Å². The van der Waals surface area contributed by atoms with Gasteiger partial charge in [0.1, 0.15) is 6.04 Å². The third-order valence-corrected chi connectivity index (χ3v) is 5.05. The molecule has 0 aliphatic carbocycles.